The molecule has 0 amide bonds. The zero-order valence-corrected chi connectivity index (χ0v) is 32.4. The summed E-state index contributed by atoms with van der Waals surface area (Å²) in [5.74, 6) is 0.390. The van der Waals surface area contributed by atoms with Crippen LogP contribution in [0.5, 0.6) is 0 Å². The Morgan fingerprint density at radius 1 is 0.878 bits per heavy atom. The predicted octanol–water partition coefficient (Wildman–Crippen LogP) is 7.56. The molecule has 2 N–H and O–H groups in total. The molecular formula is C42H68N2O5. The summed E-state index contributed by atoms with van der Waals surface area (Å²) in [6, 6.07) is 0. The zero-order valence-electron chi connectivity index (χ0n) is 32.4. The van der Waals surface area contributed by atoms with Crippen LogP contribution in [-0.2, 0) is 14.3 Å². The van der Waals surface area contributed by atoms with E-state index >= 15 is 0 Å². The fraction of sp³-hybridized carbons (Fsp3) is 0.905. The predicted molar refractivity (Wildman–Crippen MR) is 193 cm³/mol. The van der Waals surface area contributed by atoms with Gasteiger partial charge in [0.1, 0.15) is 6.10 Å². The third kappa shape index (κ3) is 4.89. The van der Waals surface area contributed by atoms with Gasteiger partial charge in [-0.15, -0.1) is 0 Å². The summed E-state index contributed by atoms with van der Waals surface area (Å²) < 4.78 is 6.23. The summed E-state index contributed by atoms with van der Waals surface area (Å²) in [5.41, 5.74) is 2.98. The molecule has 7 rings (SSSR count). The Morgan fingerprint density at radius 2 is 1.55 bits per heavy atom. The van der Waals surface area contributed by atoms with Crippen molar-refractivity contribution in [3.63, 3.8) is 0 Å². The second-order valence-electron chi connectivity index (χ2n) is 20.4. The van der Waals surface area contributed by atoms with Crippen molar-refractivity contribution in [2.24, 2.45) is 55.7 Å². The summed E-state index contributed by atoms with van der Waals surface area (Å²) in [7, 11) is 2.21. The highest BCUT2D eigenvalue weighted by Crippen LogP contribution is 2.87. The van der Waals surface area contributed by atoms with Crippen molar-refractivity contribution in [3.05, 3.63) is 11.1 Å². The van der Waals surface area contributed by atoms with Crippen LogP contribution in [0.4, 0.5) is 0 Å². The minimum absolute atomic E-state index is 0.0318. The molecule has 1 aliphatic heterocycles. The van der Waals surface area contributed by atoms with Gasteiger partial charge < -0.3 is 19.8 Å². The number of hydrogen-bond acceptors (Lipinski definition) is 6. The summed E-state index contributed by atoms with van der Waals surface area (Å²) in [5, 5.41) is 21.9. The maximum atomic E-state index is 13.1. The van der Waals surface area contributed by atoms with Crippen LogP contribution in [-0.4, -0.2) is 83.9 Å². The van der Waals surface area contributed by atoms with E-state index in [4.69, 9.17) is 4.74 Å². The number of carboxylic acid groups (broad SMARTS) is 1. The monoisotopic (exact) mass is 681 g/mol. The highest BCUT2D eigenvalue weighted by atomic mass is 16.5. The number of aliphatic hydroxyl groups is 1. The van der Waals surface area contributed by atoms with Gasteiger partial charge in [0.2, 0.25) is 0 Å². The van der Waals surface area contributed by atoms with Crippen molar-refractivity contribution in [2.75, 3.05) is 39.8 Å². The number of hydrogen-bond donors (Lipinski definition) is 2. The second kappa shape index (κ2) is 11.5. The lowest BCUT2D eigenvalue weighted by atomic mass is 9.33. The van der Waals surface area contributed by atoms with E-state index in [9.17, 15) is 19.8 Å². The molecular weight excluding hydrogens is 612 g/mol. The molecule has 0 aromatic heterocycles. The molecule has 0 radical (unpaired) electrons. The van der Waals surface area contributed by atoms with Gasteiger partial charge in [-0.05, 0) is 131 Å². The number of carbonyl (C=O) groups is 2. The topological polar surface area (TPSA) is 90.3 Å². The number of carbonyl (C=O) groups excluding carboxylic acids is 1. The van der Waals surface area contributed by atoms with Gasteiger partial charge in [0, 0.05) is 43.6 Å². The Hall–Kier alpha value is -1.44. The minimum atomic E-state index is -1.12. The van der Waals surface area contributed by atoms with Crippen LogP contribution < -0.4 is 0 Å². The lowest BCUT2D eigenvalue weighted by Gasteiger charge is -2.71. The van der Waals surface area contributed by atoms with E-state index in [0.29, 0.717) is 17.8 Å². The second-order valence-corrected chi connectivity index (χ2v) is 20.4. The van der Waals surface area contributed by atoms with Crippen LogP contribution >= 0.6 is 0 Å². The van der Waals surface area contributed by atoms with E-state index < -0.39 is 11.4 Å². The van der Waals surface area contributed by atoms with E-state index in [1.807, 2.05) is 0 Å². The number of carboxylic acids is 1. The van der Waals surface area contributed by atoms with Crippen LogP contribution in [0.3, 0.4) is 0 Å². The largest absolute Gasteiger partial charge is 0.481 e. The van der Waals surface area contributed by atoms with Crippen molar-refractivity contribution in [2.45, 2.75) is 145 Å². The average Bonchev–Trinajstić information content (AvgIpc) is 3.47. The van der Waals surface area contributed by atoms with Crippen LogP contribution in [0, 0.1) is 55.7 Å². The van der Waals surface area contributed by atoms with E-state index in [0.717, 1.165) is 71.2 Å². The first-order chi connectivity index (χ1) is 22.8. The third-order valence-electron chi connectivity index (χ3n) is 17.8. The number of aliphatic carboxylic acids is 1. The first-order valence-electron chi connectivity index (χ1n) is 20.1. The van der Waals surface area contributed by atoms with Crippen LogP contribution in [0.25, 0.3) is 0 Å². The van der Waals surface area contributed by atoms with E-state index in [1.54, 1.807) is 25.0 Å². The molecule has 0 aromatic carbocycles. The number of aliphatic hydroxyl groups excluding tert-OH is 1. The molecule has 7 nitrogen and oxygen atoms in total. The maximum absolute atomic E-state index is 13.1. The first-order valence-corrected chi connectivity index (χ1v) is 20.1. The molecule has 10 atom stereocenters. The molecule has 0 bridgehead atoms. The first kappa shape index (κ1) is 35.9. The summed E-state index contributed by atoms with van der Waals surface area (Å²) in [6.45, 7) is 23.5. The van der Waals surface area contributed by atoms with Crippen LogP contribution in [0.2, 0.25) is 0 Å². The molecule has 49 heavy (non-hydrogen) atoms. The lowest BCUT2D eigenvalue weighted by molar-refractivity contribution is -0.221. The lowest BCUT2D eigenvalue weighted by Crippen LogP contribution is -2.65. The van der Waals surface area contributed by atoms with Crippen LogP contribution in [0.1, 0.15) is 132 Å². The van der Waals surface area contributed by atoms with Gasteiger partial charge >= 0.3 is 11.9 Å². The molecule has 6 aliphatic carbocycles. The van der Waals surface area contributed by atoms with Gasteiger partial charge in [-0.2, -0.15) is 0 Å². The van der Waals surface area contributed by atoms with Crippen molar-refractivity contribution >= 4 is 11.9 Å². The quantitative estimate of drug-likeness (QED) is 0.202. The van der Waals surface area contributed by atoms with Crippen molar-refractivity contribution < 1.29 is 24.5 Å². The molecule has 1 saturated heterocycles. The molecule has 1 spiro atoms. The standard InChI is InChI=1S/C42H68N2O5/c1-27(2)28-12-15-41(31(45)25-44-22-20-43(9)21-23-44)18-16-37(5)29(34(28)41)10-11-30-38(37,6)17-19-42-26-40(42,8)32(13-14-39(30,42)7)49-33(46)24-36(3,4)35(47)48/h27,29-32,45H,10-26H2,1-9H3,(H,47,48)/t29-,30+,31?,32+,37-,38-,39-,40?,41-,42+/m1/s1. The molecule has 2 unspecified atom stereocenters. The number of β-amino-alcohol motifs (C(OH)–C–C–N with tert-alkyl or cyclic N) is 1. The Labute approximate surface area is 297 Å². The zero-order chi connectivity index (χ0) is 35.6. The Balaban J connectivity index is 1.15. The molecule has 6 fully saturated rings. The maximum Gasteiger partial charge on any atom is 0.309 e. The highest BCUT2D eigenvalue weighted by Gasteiger charge is 2.82. The minimum Gasteiger partial charge on any atom is -0.481 e. The van der Waals surface area contributed by atoms with E-state index in [2.05, 4.69) is 58.4 Å². The van der Waals surface area contributed by atoms with Gasteiger partial charge in [0.15, 0.2) is 0 Å². The van der Waals surface area contributed by atoms with Crippen molar-refractivity contribution in [1.29, 1.82) is 0 Å². The Kier molecular flexibility index (Phi) is 8.46. The van der Waals surface area contributed by atoms with E-state index in [1.165, 1.54) is 32.1 Å². The van der Waals surface area contributed by atoms with Crippen molar-refractivity contribution in [3.8, 4) is 0 Å². The fourth-order valence-corrected chi connectivity index (χ4v) is 14.3. The van der Waals surface area contributed by atoms with Gasteiger partial charge in [-0.1, -0.05) is 52.7 Å². The third-order valence-corrected chi connectivity index (χ3v) is 17.8. The molecule has 1 heterocycles. The number of fused-ring (bicyclic) bond motifs is 6. The Morgan fingerprint density at radius 3 is 2.20 bits per heavy atom. The molecule has 7 heteroatoms. The summed E-state index contributed by atoms with van der Waals surface area (Å²) in [6.07, 6.45) is 12.1. The summed E-state index contributed by atoms with van der Waals surface area (Å²) in [4.78, 5) is 29.8. The van der Waals surface area contributed by atoms with Crippen LogP contribution in [0.15, 0.2) is 11.1 Å². The number of ether oxygens (including phenoxy) is 1. The molecule has 0 aromatic rings. The Bertz CT molecular complexity index is 1400. The number of allylic oxidation sites excluding steroid dienone is 1. The number of esters is 1. The van der Waals surface area contributed by atoms with Crippen molar-refractivity contribution in [1.82, 2.24) is 9.80 Å². The highest BCUT2D eigenvalue weighted by molar-refractivity contribution is 5.81. The molecule has 276 valence electrons. The number of rotatable bonds is 8. The van der Waals surface area contributed by atoms with Gasteiger partial charge in [0.05, 0.1) is 17.9 Å². The van der Waals surface area contributed by atoms with Gasteiger partial charge in [-0.3, -0.25) is 14.5 Å². The van der Waals surface area contributed by atoms with E-state index in [-0.39, 0.29) is 57.1 Å². The molecule has 5 saturated carbocycles. The number of nitrogens with zero attached hydrogens (tertiary/aromatic N) is 2. The SMILES string of the molecule is CC(C)C1=C2[C@H]3CC[C@@H]4[C@@]5(C)CC[C@H](OC(=O)CC(C)(C)C(=O)O)C6(C)C[C@]65CC[C@@]4(C)[C@]3(C)CC[C@@]2(C(O)CN2CCN(C)CC2)CC1. The average molecular weight is 681 g/mol. The smallest absolute Gasteiger partial charge is 0.309 e. The molecule has 7 aliphatic rings. The number of piperazine rings is 1. The number of likely N-dealkylation sites (N-methyl/N-ethyl adjacent to an activating group) is 1. The van der Waals surface area contributed by atoms with Gasteiger partial charge in [-0.25, -0.2) is 0 Å². The van der Waals surface area contributed by atoms with Gasteiger partial charge in [0.25, 0.3) is 0 Å². The summed E-state index contributed by atoms with van der Waals surface area (Å²) >= 11 is 0. The fourth-order valence-electron chi connectivity index (χ4n) is 14.3. The normalized spacial score (nSPS) is 45.9.